The monoisotopic (exact) mass is 370 g/mol. The predicted octanol–water partition coefficient (Wildman–Crippen LogP) is 3.46. The molecule has 2 bridgehead atoms. The number of benzene rings is 1. The Morgan fingerprint density at radius 3 is 2.37 bits per heavy atom. The Morgan fingerprint density at radius 1 is 1.22 bits per heavy atom. The van der Waals surface area contributed by atoms with Gasteiger partial charge in [0, 0.05) is 11.5 Å². The van der Waals surface area contributed by atoms with Gasteiger partial charge in [-0.2, -0.15) is 5.26 Å². The van der Waals surface area contributed by atoms with Gasteiger partial charge in [-0.15, -0.1) is 0 Å². The normalized spacial score (nSPS) is 24.9. The molecule has 1 aromatic rings. The molecule has 0 aliphatic carbocycles. The van der Waals surface area contributed by atoms with Gasteiger partial charge in [0.1, 0.15) is 5.60 Å². The number of carbonyl (C=O) groups is 2. The van der Waals surface area contributed by atoms with E-state index in [2.05, 4.69) is 6.07 Å². The number of aryl methyl sites for hydroxylation is 1. The lowest BCUT2D eigenvalue weighted by Gasteiger charge is -2.47. The zero-order valence-corrected chi connectivity index (χ0v) is 16.3. The molecule has 6 nitrogen and oxygen atoms in total. The lowest BCUT2D eigenvalue weighted by atomic mass is 9.80. The van der Waals surface area contributed by atoms with Crippen LogP contribution in [0.15, 0.2) is 18.2 Å². The molecule has 0 radical (unpaired) electrons. The number of rotatable bonds is 2. The third kappa shape index (κ3) is 4.14. The van der Waals surface area contributed by atoms with Crippen molar-refractivity contribution in [3.8, 4) is 6.07 Å². The van der Waals surface area contributed by atoms with Crippen LogP contribution in [0.4, 0.5) is 4.79 Å². The average Bonchev–Trinajstić information content (AvgIpc) is 2.58. The molecule has 144 valence electrons. The molecule has 2 fully saturated rings. The average molecular weight is 370 g/mol. The molecule has 2 atom stereocenters. The second-order valence-corrected chi connectivity index (χ2v) is 8.41. The van der Waals surface area contributed by atoms with Gasteiger partial charge in [-0.1, -0.05) is 0 Å². The molecule has 2 unspecified atom stereocenters. The zero-order chi connectivity index (χ0) is 19.8. The number of carbonyl (C=O) groups excluding carboxylic acids is 2. The minimum absolute atomic E-state index is 0.0812. The molecule has 0 spiro atoms. The summed E-state index contributed by atoms with van der Waals surface area (Å²) in [6, 6.07) is 6.95. The van der Waals surface area contributed by atoms with Gasteiger partial charge in [-0.3, -0.25) is 9.69 Å². The van der Waals surface area contributed by atoms with Crippen LogP contribution in [0.5, 0.6) is 0 Å². The molecule has 1 aromatic carbocycles. The van der Waals surface area contributed by atoms with Crippen molar-refractivity contribution in [1.82, 2.24) is 4.90 Å². The van der Waals surface area contributed by atoms with Gasteiger partial charge in [-0.05, 0) is 64.3 Å². The van der Waals surface area contributed by atoms with Gasteiger partial charge in [0.25, 0.3) is 0 Å². The number of fused-ring (bicyclic) bond motifs is 2. The third-order valence-electron chi connectivity index (χ3n) is 5.12. The molecule has 3 rings (SSSR count). The Balaban J connectivity index is 1.77. The lowest BCUT2D eigenvalue weighted by molar-refractivity contribution is -0.0861. The smallest absolute Gasteiger partial charge is 0.410 e. The van der Waals surface area contributed by atoms with E-state index >= 15 is 0 Å². The Morgan fingerprint density at radius 2 is 1.85 bits per heavy atom. The number of morpholine rings is 1. The fraction of sp³-hybridized carbons (Fsp3) is 0.571. The molecular weight excluding hydrogens is 344 g/mol. The van der Waals surface area contributed by atoms with Crippen molar-refractivity contribution in [3.63, 3.8) is 0 Å². The molecule has 0 saturated carbocycles. The highest BCUT2D eigenvalue weighted by Gasteiger charge is 2.45. The minimum Gasteiger partial charge on any atom is -0.444 e. The van der Waals surface area contributed by atoms with Crippen molar-refractivity contribution in [2.75, 3.05) is 13.2 Å². The van der Waals surface area contributed by atoms with Crippen LogP contribution in [0.3, 0.4) is 0 Å². The van der Waals surface area contributed by atoms with E-state index in [4.69, 9.17) is 14.7 Å². The SMILES string of the molecule is Cc1cc(C#N)ccc1C(=O)C1CC2COCC(C1)N2C(=O)OC(C)(C)C. The van der Waals surface area contributed by atoms with Gasteiger partial charge >= 0.3 is 6.09 Å². The summed E-state index contributed by atoms with van der Waals surface area (Å²) >= 11 is 0. The maximum Gasteiger partial charge on any atom is 0.410 e. The fourth-order valence-electron chi connectivity index (χ4n) is 3.97. The number of Topliss-reactive ketones (excluding diaryl/α,β-unsaturated/α-hetero) is 1. The number of amides is 1. The fourth-order valence-corrected chi connectivity index (χ4v) is 3.97. The molecule has 27 heavy (non-hydrogen) atoms. The Bertz CT molecular complexity index is 776. The molecule has 2 aliphatic heterocycles. The van der Waals surface area contributed by atoms with Gasteiger partial charge in [0.05, 0.1) is 36.9 Å². The van der Waals surface area contributed by atoms with Crippen molar-refractivity contribution >= 4 is 11.9 Å². The van der Waals surface area contributed by atoms with E-state index in [0.29, 0.717) is 37.2 Å². The van der Waals surface area contributed by atoms with Gasteiger partial charge in [0.15, 0.2) is 5.78 Å². The highest BCUT2D eigenvalue weighted by molar-refractivity contribution is 5.99. The van der Waals surface area contributed by atoms with Gasteiger partial charge in [0.2, 0.25) is 0 Å². The highest BCUT2D eigenvalue weighted by atomic mass is 16.6. The maximum absolute atomic E-state index is 13.1. The van der Waals surface area contributed by atoms with Crippen molar-refractivity contribution in [2.45, 2.75) is 58.2 Å². The number of hydrogen-bond donors (Lipinski definition) is 0. The van der Waals surface area contributed by atoms with E-state index in [1.807, 2.05) is 27.7 Å². The van der Waals surface area contributed by atoms with Crippen molar-refractivity contribution in [3.05, 3.63) is 34.9 Å². The summed E-state index contributed by atoms with van der Waals surface area (Å²) in [7, 11) is 0. The molecule has 2 saturated heterocycles. The summed E-state index contributed by atoms with van der Waals surface area (Å²) in [5.41, 5.74) is 1.46. The Kier molecular flexibility index (Phi) is 5.25. The standard InChI is InChI=1S/C21H26N2O4/c1-13-7-14(10-22)5-6-18(13)19(24)15-8-16-11-26-12-17(9-15)23(16)20(25)27-21(2,3)4/h5-7,15-17H,8-9,11-12H2,1-4H3. The van der Waals surface area contributed by atoms with E-state index in [1.165, 1.54) is 0 Å². The van der Waals surface area contributed by atoms with Crippen LogP contribution in [0.25, 0.3) is 0 Å². The van der Waals surface area contributed by atoms with Crippen molar-refractivity contribution in [2.24, 2.45) is 5.92 Å². The van der Waals surface area contributed by atoms with Gasteiger partial charge in [-0.25, -0.2) is 4.79 Å². The van der Waals surface area contributed by atoms with E-state index < -0.39 is 5.60 Å². The Hall–Kier alpha value is -2.39. The summed E-state index contributed by atoms with van der Waals surface area (Å²) in [5, 5.41) is 9.01. The van der Waals surface area contributed by atoms with Gasteiger partial charge < -0.3 is 9.47 Å². The second-order valence-electron chi connectivity index (χ2n) is 8.41. The quantitative estimate of drug-likeness (QED) is 0.745. The Labute approximate surface area is 160 Å². The number of ether oxygens (including phenoxy) is 2. The number of hydrogen-bond acceptors (Lipinski definition) is 5. The van der Waals surface area contributed by atoms with Crippen molar-refractivity contribution < 1.29 is 19.1 Å². The van der Waals surface area contributed by atoms with Crippen LogP contribution in [-0.4, -0.2) is 47.7 Å². The highest BCUT2D eigenvalue weighted by Crippen LogP contribution is 2.35. The first-order valence-corrected chi connectivity index (χ1v) is 9.33. The minimum atomic E-state index is -0.557. The third-order valence-corrected chi connectivity index (χ3v) is 5.12. The molecule has 6 heteroatoms. The molecule has 2 heterocycles. The summed E-state index contributed by atoms with van der Waals surface area (Å²) in [6.45, 7) is 8.25. The largest absolute Gasteiger partial charge is 0.444 e. The molecule has 2 aliphatic rings. The van der Waals surface area contributed by atoms with Crippen LogP contribution in [0.1, 0.15) is 55.1 Å². The van der Waals surface area contributed by atoms with Crippen LogP contribution >= 0.6 is 0 Å². The van der Waals surface area contributed by atoms with Crippen molar-refractivity contribution in [1.29, 1.82) is 5.26 Å². The maximum atomic E-state index is 13.1. The molecular formula is C21H26N2O4. The summed E-state index contributed by atoms with van der Waals surface area (Å²) in [4.78, 5) is 27.5. The summed E-state index contributed by atoms with van der Waals surface area (Å²) < 4.78 is 11.2. The summed E-state index contributed by atoms with van der Waals surface area (Å²) in [5.74, 6) is -0.0769. The van der Waals surface area contributed by atoms with Crippen LogP contribution < -0.4 is 0 Å². The zero-order valence-electron chi connectivity index (χ0n) is 16.3. The van der Waals surface area contributed by atoms with E-state index in [1.54, 1.807) is 23.1 Å². The first-order chi connectivity index (χ1) is 12.7. The first kappa shape index (κ1) is 19.4. The number of piperidine rings is 1. The van der Waals surface area contributed by atoms with E-state index in [0.717, 1.165) is 5.56 Å². The van der Waals surface area contributed by atoms with Crippen LogP contribution in [0, 0.1) is 24.2 Å². The van der Waals surface area contributed by atoms with Crippen LogP contribution in [-0.2, 0) is 9.47 Å². The number of ketones is 1. The van der Waals surface area contributed by atoms with Crippen LogP contribution in [0.2, 0.25) is 0 Å². The number of nitriles is 1. The topological polar surface area (TPSA) is 79.6 Å². The van der Waals surface area contributed by atoms with E-state index in [-0.39, 0.29) is 29.9 Å². The molecule has 0 aromatic heterocycles. The molecule has 1 amide bonds. The predicted molar refractivity (Wildman–Crippen MR) is 99.4 cm³/mol. The lowest BCUT2D eigenvalue weighted by Crippen LogP contribution is -2.60. The van der Waals surface area contributed by atoms with E-state index in [9.17, 15) is 9.59 Å². The number of nitrogens with zero attached hydrogens (tertiary/aromatic N) is 2. The summed E-state index contributed by atoms with van der Waals surface area (Å²) in [6.07, 6.45) is 0.795. The second kappa shape index (κ2) is 7.32. The first-order valence-electron chi connectivity index (χ1n) is 9.33. The molecule has 0 N–H and O–H groups in total.